The average Bonchev–Trinajstić information content (AvgIpc) is 3.27. The van der Waals surface area contributed by atoms with Gasteiger partial charge in [-0.2, -0.15) is 0 Å². The van der Waals surface area contributed by atoms with Crippen LogP contribution in [0.2, 0.25) is 0 Å². The minimum atomic E-state index is -0.959. The van der Waals surface area contributed by atoms with Gasteiger partial charge in [-0.25, -0.2) is 0 Å². The molecule has 1 saturated carbocycles. The van der Waals surface area contributed by atoms with Gasteiger partial charge in [-0.1, -0.05) is 36.4 Å². The van der Waals surface area contributed by atoms with Crippen molar-refractivity contribution in [3.8, 4) is 0 Å². The third kappa shape index (κ3) is 1.96. The van der Waals surface area contributed by atoms with Crippen LogP contribution in [0.25, 0.3) is 11.0 Å². The molecule has 1 spiro atoms. The first-order valence-corrected chi connectivity index (χ1v) is 11.3. The summed E-state index contributed by atoms with van der Waals surface area (Å²) in [6, 6.07) is 8.07. The Morgan fingerprint density at radius 1 is 1.32 bits per heavy atom. The van der Waals surface area contributed by atoms with Crippen LogP contribution in [0.4, 0.5) is 0 Å². The molecule has 3 fully saturated rings. The minimum absolute atomic E-state index is 0.0105. The number of rotatable bonds is 2. The molecule has 4 unspecified atom stereocenters. The van der Waals surface area contributed by atoms with Crippen LogP contribution in [0, 0.1) is 17.3 Å². The number of fused-ring (bicyclic) bond motifs is 4. The largest absolute Gasteiger partial charge is 0.504 e. The maximum absolute atomic E-state index is 12.7. The van der Waals surface area contributed by atoms with Crippen molar-refractivity contribution in [1.29, 1.82) is 0 Å². The molecular formula is C26H27NO4. The summed E-state index contributed by atoms with van der Waals surface area (Å²) >= 11 is 0. The van der Waals surface area contributed by atoms with Crippen LogP contribution in [0.1, 0.15) is 37.2 Å². The highest BCUT2D eigenvalue weighted by Gasteiger charge is 2.77. The second kappa shape index (κ2) is 5.64. The van der Waals surface area contributed by atoms with E-state index in [0.717, 1.165) is 53.8 Å². The number of hydrogen-bond acceptors (Lipinski definition) is 5. The van der Waals surface area contributed by atoms with Crippen molar-refractivity contribution in [2.75, 3.05) is 13.1 Å². The van der Waals surface area contributed by atoms with Gasteiger partial charge in [0, 0.05) is 35.9 Å². The fourth-order valence-corrected chi connectivity index (χ4v) is 7.71. The molecule has 3 heterocycles. The van der Waals surface area contributed by atoms with E-state index >= 15 is 0 Å². The molecule has 7 rings (SSSR count). The molecule has 1 aromatic heterocycles. The number of ether oxygens (including phenoxy) is 1. The fourth-order valence-electron chi connectivity index (χ4n) is 7.71. The topological polar surface area (TPSA) is 66.1 Å². The van der Waals surface area contributed by atoms with E-state index in [4.69, 9.17) is 9.15 Å². The van der Waals surface area contributed by atoms with Crippen LogP contribution >= 0.6 is 0 Å². The van der Waals surface area contributed by atoms with E-state index in [0.29, 0.717) is 12.2 Å². The van der Waals surface area contributed by atoms with Crippen LogP contribution in [0.15, 0.2) is 64.5 Å². The SMILES string of the molecule is C=C(C)CN1CCC23C4C5=C(O)C=CC4CC1[C@]2(O)Cc1c(oc2ccccc12)[C@@H]3O5. The molecule has 5 heteroatoms. The van der Waals surface area contributed by atoms with Crippen LogP contribution in [-0.2, 0) is 11.2 Å². The van der Waals surface area contributed by atoms with E-state index in [1.807, 2.05) is 18.2 Å². The molecule has 5 nitrogen and oxygen atoms in total. The predicted molar refractivity (Wildman–Crippen MR) is 116 cm³/mol. The third-order valence-corrected chi connectivity index (χ3v) is 8.73. The van der Waals surface area contributed by atoms with E-state index in [2.05, 4.69) is 30.5 Å². The van der Waals surface area contributed by atoms with E-state index < -0.39 is 11.0 Å². The lowest BCUT2D eigenvalue weighted by atomic mass is 9.44. The van der Waals surface area contributed by atoms with Gasteiger partial charge in [0.05, 0.1) is 11.0 Å². The standard InChI is InChI=1S/C26H27NO4/c1-14(2)13-27-10-9-25-21-15-7-8-18(28)23(21)31-24(25)22-17(12-26(25,29)20(27)11-15)16-5-3-4-6-19(16)30-22/h3-8,15,20-21,24,28-29H,1,9-13H2,2H3/t15?,20?,21?,24-,25?,26+/m0/s1. The summed E-state index contributed by atoms with van der Waals surface area (Å²) in [5.74, 6) is 1.91. The molecule has 2 saturated heterocycles. The summed E-state index contributed by atoms with van der Waals surface area (Å²) in [5.41, 5.74) is 1.56. The Balaban J connectivity index is 1.50. The molecule has 0 radical (unpaired) electrons. The molecule has 160 valence electrons. The van der Waals surface area contributed by atoms with Crippen molar-refractivity contribution in [3.63, 3.8) is 0 Å². The van der Waals surface area contributed by atoms with E-state index in [9.17, 15) is 10.2 Å². The van der Waals surface area contributed by atoms with E-state index in [1.165, 1.54) is 0 Å². The van der Waals surface area contributed by atoms with Crippen LogP contribution in [0.3, 0.4) is 0 Å². The van der Waals surface area contributed by atoms with Gasteiger partial charge < -0.3 is 19.4 Å². The van der Waals surface area contributed by atoms with Gasteiger partial charge in [0.1, 0.15) is 17.1 Å². The third-order valence-electron chi connectivity index (χ3n) is 8.73. The molecule has 2 aliphatic heterocycles. The van der Waals surface area contributed by atoms with Crippen molar-refractivity contribution in [2.24, 2.45) is 17.3 Å². The Bertz CT molecular complexity index is 1210. The monoisotopic (exact) mass is 417 g/mol. The number of aliphatic hydroxyl groups excluding tert-OH is 1. The molecule has 6 atom stereocenters. The summed E-state index contributed by atoms with van der Waals surface area (Å²) in [5, 5.41) is 24.5. The molecule has 5 aliphatic rings. The molecule has 0 amide bonds. The fraction of sp³-hybridized carbons (Fsp3) is 0.462. The predicted octanol–water partition coefficient (Wildman–Crippen LogP) is 4.40. The Morgan fingerprint density at radius 2 is 2.16 bits per heavy atom. The zero-order valence-corrected chi connectivity index (χ0v) is 17.7. The maximum atomic E-state index is 12.7. The van der Waals surface area contributed by atoms with Crippen molar-refractivity contribution in [3.05, 3.63) is 71.4 Å². The lowest BCUT2D eigenvalue weighted by Crippen LogP contribution is -2.74. The first kappa shape index (κ1) is 18.1. The summed E-state index contributed by atoms with van der Waals surface area (Å²) in [4.78, 5) is 2.43. The van der Waals surface area contributed by atoms with Crippen molar-refractivity contribution in [2.45, 2.75) is 43.9 Å². The van der Waals surface area contributed by atoms with Gasteiger partial charge in [0.2, 0.25) is 0 Å². The van der Waals surface area contributed by atoms with Gasteiger partial charge in [0.25, 0.3) is 0 Å². The van der Waals surface area contributed by atoms with Crippen LogP contribution < -0.4 is 0 Å². The molecule has 2 N–H and O–H groups in total. The Morgan fingerprint density at radius 3 is 3.00 bits per heavy atom. The minimum Gasteiger partial charge on any atom is -0.504 e. The normalized spacial score (nSPS) is 39.9. The number of hydrogen-bond donors (Lipinski definition) is 2. The summed E-state index contributed by atoms with van der Waals surface area (Å²) in [6.07, 6.45) is 5.74. The Hall–Kier alpha value is -2.50. The number of aliphatic hydroxyl groups is 2. The molecule has 2 bridgehead atoms. The Kier molecular flexibility index (Phi) is 3.30. The number of para-hydroxylation sites is 1. The van der Waals surface area contributed by atoms with Gasteiger partial charge in [-0.05, 0) is 44.4 Å². The molecule has 2 aromatic rings. The number of nitrogens with zero attached hydrogens (tertiary/aromatic N) is 1. The zero-order chi connectivity index (χ0) is 21.1. The number of benzene rings is 1. The molecule has 3 aliphatic carbocycles. The first-order valence-electron chi connectivity index (χ1n) is 11.3. The highest BCUT2D eigenvalue weighted by Crippen LogP contribution is 2.73. The highest BCUT2D eigenvalue weighted by molar-refractivity contribution is 5.83. The lowest BCUT2D eigenvalue weighted by molar-refractivity contribution is -0.240. The van der Waals surface area contributed by atoms with Crippen LogP contribution in [0.5, 0.6) is 0 Å². The van der Waals surface area contributed by atoms with E-state index in [-0.39, 0.29) is 29.7 Å². The quantitative estimate of drug-likeness (QED) is 0.709. The van der Waals surface area contributed by atoms with Crippen molar-refractivity contribution in [1.82, 2.24) is 4.90 Å². The smallest absolute Gasteiger partial charge is 0.165 e. The molecule has 31 heavy (non-hydrogen) atoms. The van der Waals surface area contributed by atoms with Crippen LogP contribution in [-0.4, -0.2) is 39.8 Å². The average molecular weight is 418 g/mol. The maximum Gasteiger partial charge on any atom is 0.165 e. The van der Waals surface area contributed by atoms with Gasteiger partial charge >= 0.3 is 0 Å². The summed E-state index contributed by atoms with van der Waals surface area (Å²) < 4.78 is 13.0. The van der Waals surface area contributed by atoms with Gasteiger partial charge in [-0.15, -0.1) is 0 Å². The molecule has 1 aromatic carbocycles. The first-order chi connectivity index (χ1) is 14.9. The molecular weight excluding hydrogens is 390 g/mol. The second-order valence-electron chi connectivity index (χ2n) is 10.3. The van der Waals surface area contributed by atoms with Gasteiger partial charge in [-0.3, -0.25) is 4.90 Å². The highest BCUT2D eigenvalue weighted by atomic mass is 16.5. The second-order valence-corrected chi connectivity index (χ2v) is 10.3. The van der Waals surface area contributed by atoms with Gasteiger partial charge in [0.15, 0.2) is 11.9 Å². The summed E-state index contributed by atoms with van der Waals surface area (Å²) in [7, 11) is 0. The number of likely N-dealkylation sites (tertiary alicyclic amines) is 1. The van der Waals surface area contributed by atoms with Crippen molar-refractivity contribution >= 4 is 11.0 Å². The number of piperidine rings is 1. The Labute approximate surface area is 181 Å². The number of allylic oxidation sites excluding steroid dienone is 3. The summed E-state index contributed by atoms with van der Waals surface area (Å²) in [6.45, 7) is 7.88. The van der Waals surface area contributed by atoms with Crippen molar-refractivity contribution < 1.29 is 19.4 Å². The lowest BCUT2D eigenvalue weighted by Gasteiger charge is -2.65. The zero-order valence-electron chi connectivity index (χ0n) is 17.7. The number of furan rings is 1. The van der Waals surface area contributed by atoms with E-state index in [1.54, 1.807) is 6.08 Å².